The van der Waals surface area contributed by atoms with Gasteiger partial charge in [-0.15, -0.1) is 0 Å². The Morgan fingerprint density at radius 2 is 2.10 bits per heavy atom. The van der Waals surface area contributed by atoms with Crippen LogP contribution in [0.2, 0.25) is 0 Å². The Kier molecular flexibility index (Phi) is 5.15. The van der Waals surface area contributed by atoms with E-state index in [0.717, 1.165) is 23.5 Å². The monoisotopic (exact) mass is 276 g/mol. The van der Waals surface area contributed by atoms with Crippen LogP contribution in [0.3, 0.4) is 0 Å². The van der Waals surface area contributed by atoms with Gasteiger partial charge in [-0.25, -0.2) is 4.98 Å². The zero-order chi connectivity index (χ0) is 14.4. The molecule has 0 aliphatic rings. The number of methoxy groups -OCH3 is 1. The third kappa shape index (κ3) is 3.82. The second-order valence-electron chi connectivity index (χ2n) is 4.49. The summed E-state index contributed by atoms with van der Waals surface area (Å²) in [5, 5.41) is 13.2. The smallest absolute Gasteiger partial charge is 0.208 e. The first-order chi connectivity index (χ1) is 9.72. The first kappa shape index (κ1) is 14.6. The van der Waals surface area contributed by atoms with Gasteiger partial charge < -0.3 is 19.6 Å². The largest absolute Gasteiger partial charge is 0.497 e. The zero-order valence-corrected chi connectivity index (χ0v) is 11.8. The van der Waals surface area contributed by atoms with Gasteiger partial charge in [0.1, 0.15) is 11.5 Å². The van der Waals surface area contributed by atoms with Gasteiger partial charge >= 0.3 is 0 Å². The normalized spacial score (nSPS) is 12.3. The lowest BCUT2D eigenvalue weighted by atomic mass is 10.1. The van der Waals surface area contributed by atoms with Crippen LogP contribution in [0.5, 0.6) is 5.75 Å². The molecule has 0 spiro atoms. The number of hydrogen-bond acceptors (Lipinski definition) is 5. The van der Waals surface area contributed by atoms with Crippen LogP contribution in [-0.4, -0.2) is 23.7 Å². The summed E-state index contributed by atoms with van der Waals surface area (Å²) in [4.78, 5) is 4.15. The van der Waals surface area contributed by atoms with E-state index in [1.165, 1.54) is 0 Å². The van der Waals surface area contributed by atoms with E-state index in [0.29, 0.717) is 19.0 Å². The molecule has 0 radical (unpaired) electrons. The average molecular weight is 276 g/mol. The molecule has 1 unspecified atom stereocenters. The maximum Gasteiger partial charge on any atom is 0.208 e. The minimum Gasteiger partial charge on any atom is -0.497 e. The fraction of sp³-hybridized carbons (Fsp3) is 0.400. The van der Waals surface area contributed by atoms with Gasteiger partial charge in [0.25, 0.3) is 0 Å². The summed E-state index contributed by atoms with van der Waals surface area (Å²) < 4.78 is 10.6. The van der Waals surface area contributed by atoms with Crippen molar-refractivity contribution in [1.29, 1.82) is 0 Å². The maximum absolute atomic E-state index is 10.1. The maximum atomic E-state index is 10.1. The van der Waals surface area contributed by atoms with Crippen molar-refractivity contribution in [3.63, 3.8) is 0 Å². The van der Waals surface area contributed by atoms with Gasteiger partial charge in [0.05, 0.1) is 26.0 Å². The Morgan fingerprint density at radius 3 is 2.70 bits per heavy atom. The quantitative estimate of drug-likeness (QED) is 0.810. The van der Waals surface area contributed by atoms with Crippen LogP contribution in [0.25, 0.3) is 0 Å². The van der Waals surface area contributed by atoms with E-state index in [9.17, 15) is 5.11 Å². The molecule has 0 amide bonds. The molecule has 1 aromatic heterocycles. The first-order valence-corrected chi connectivity index (χ1v) is 6.69. The van der Waals surface area contributed by atoms with Gasteiger partial charge in [-0.1, -0.05) is 19.1 Å². The van der Waals surface area contributed by atoms with Crippen molar-refractivity contribution < 1.29 is 14.3 Å². The van der Waals surface area contributed by atoms with Gasteiger partial charge in [0, 0.05) is 13.0 Å². The van der Waals surface area contributed by atoms with Crippen LogP contribution in [0.1, 0.15) is 30.2 Å². The lowest BCUT2D eigenvalue weighted by Crippen LogP contribution is -2.21. The molecule has 108 valence electrons. The SMILES string of the molecule is CCc1cnc(CNCC(O)c2ccc(OC)cc2)o1. The molecule has 2 N–H and O–H groups in total. The number of nitrogens with one attached hydrogen (secondary N) is 1. The minimum absolute atomic E-state index is 0.441. The van der Waals surface area contributed by atoms with E-state index in [4.69, 9.17) is 9.15 Å². The predicted octanol–water partition coefficient (Wildman–Crippen LogP) is 2.07. The van der Waals surface area contributed by atoms with E-state index < -0.39 is 6.10 Å². The van der Waals surface area contributed by atoms with E-state index in [1.54, 1.807) is 13.3 Å². The standard InChI is InChI=1S/C15H20N2O3/c1-3-12-8-17-15(20-12)10-16-9-14(18)11-4-6-13(19-2)7-5-11/h4-8,14,16,18H,3,9-10H2,1-2H3. The molecule has 0 saturated heterocycles. The molecule has 1 atom stereocenters. The summed E-state index contributed by atoms with van der Waals surface area (Å²) in [7, 11) is 1.62. The highest BCUT2D eigenvalue weighted by atomic mass is 16.5. The molecule has 20 heavy (non-hydrogen) atoms. The predicted molar refractivity (Wildman–Crippen MR) is 75.5 cm³/mol. The molecular formula is C15H20N2O3. The lowest BCUT2D eigenvalue weighted by molar-refractivity contribution is 0.173. The minimum atomic E-state index is -0.568. The van der Waals surface area contributed by atoms with Gasteiger partial charge in [0.15, 0.2) is 0 Å². The summed E-state index contributed by atoms with van der Waals surface area (Å²) in [6.45, 7) is 2.97. The molecular weight excluding hydrogens is 256 g/mol. The highest BCUT2D eigenvalue weighted by molar-refractivity contribution is 5.28. The summed E-state index contributed by atoms with van der Waals surface area (Å²) in [6.07, 6.45) is 2.00. The molecule has 0 aliphatic carbocycles. The van der Waals surface area contributed by atoms with Crippen LogP contribution >= 0.6 is 0 Å². The molecule has 1 heterocycles. The fourth-order valence-corrected chi connectivity index (χ4v) is 1.85. The number of aryl methyl sites for hydroxylation is 1. The van der Waals surface area contributed by atoms with Crippen LogP contribution in [0.15, 0.2) is 34.9 Å². The van der Waals surface area contributed by atoms with Crippen molar-refractivity contribution in [2.45, 2.75) is 26.0 Å². The molecule has 2 aromatic rings. The number of rotatable bonds is 7. The Morgan fingerprint density at radius 1 is 1.35 bits per heavy atom. The average Bonchev–Trinajstić information content (AvgIpc) is 2.95. The highest BCUT2D eigenvalue weighted by Gasteiger charge is 2.08. The summed E-state index contributed by atoms with van der Waals surface area (Å²) >= 11 is 0. The molecule has 0 fully saturated rings. The molecule has 0 saturated carbocycles. The van der Waals surface area contributed by atoms with Crippen LogP contribution < -0.4 is 10.1 Å². The second-order valence-corrected chi connectivity index (χ2v) is 4.49. The van der Waals surface area contributed by atoms with Crippen molar-refractivity contribution >= 4 is 0 Å². The van der Waals surface area contributed by atoms with E-state index in [2.05, 4.69) is 10.3 Å². The summed E-state index contributed by atoms with van der Waals surface area (Å²) in [6, 6.07) is 7.37. The number of aliphatic hydroxyl groups excluding tert-OH is 1. The van der Waals surface area contributed by atoms with Crippen LogP contribution in [0, 0.1) is 0 Å². The number of hydrogen-bond donors (Lipinski definition) is 2. The molecule has 5 heteroatoms. The highest BCUT2D eigenvalue weighted by Crippen LogP contribution is 2.17. The van der Waals surface area contributed by atoms with Crippen LogP contribution in [0.4, 0.5) is 0 Å². The van der Waals surface area contributed by atoms with Crippen molar-refractivity contribution in [3.05, 3.63) is 47.7 Å². The van der Waals surface area contributed by atoms with E-state index in [1.807, 2.05) is 31.2 Å². The summed E-state index contributed by atoms with van der Waals surface area (Å²) in [5.41, 5.74) is 0.847. The number of oxazole rings is 1. The third-order valence-electron chi connectivity index (χ3n) is 3.06. The molecule has 5 nitrogen and oxygen atoms in total. The number of ether oxygens (including phenoxy) is 1. The third-order valence-corrected chi connectivity index (χ3v) is 3.06. The summed E-state index contributed by atoms with van der Waals surface area (Å²) in [5.74, 6) is 2.29. The topological polar surface area (TPSA) is 67.5 Å². The van der Waals surface area contributed by atoms with Gasteiger partial charge in [-0.3, -0.25) is 0 Å². The molecule has 0 bridgehead atoms. The van der Waals surface area contributed by atoms with Crippen molar-refractivity contribution in [1.82, 2.24) is 10.3 Å². The Labute approximate surface area is 118 Å². The van der Waals surface area contributed by atoms with Crippen molar-refractivity contribution in [2.24, 2.45) is 0 Å². The van der Waals surface area contributed by atoms with Crippen molar-refractivity contribution in [3.8, 4) is 5.75 Å². The number of nitrogens with zero attached hydrogens (tertiary/aromatic N) is 1. The number of benzene rings is 1. The van der Waals surface area contributed by atoms with Gasteiger partial charge in [-0.05, 0) is 17.7 Å². The number of aromatic nitrogens is 1. The molecule has 2 rings (SSSR count). The van der Waals surface area contributed by atoms with Crippen LogP contribution in [-0.2, 0) is 13.0 Å². The zero-order valence-electron chi connectivity index (χ0n) is 11.8. The van der Waals surface area contributed by atoms with E-state index in [-0.39, 0.29) is 0 Å². The fourth-order valence-electron chi connectivity index (χ4n) is 1.85. The van der Waals surface area contributed by atoms with Gasteiger partial charge in [-0.2, -0.15) is 0 Å². The molecule has 1 aromatic carbocycles. The van der Waals surface area contributed by atoms with Gasteiger partial charge in [0.2, 0.25) is 5.89 Å². The number of aliphatic hydroxyl groups is 1. The van der Waals surface area contributed by atoms with Crippen molar-refractivity contribution in [2.75, 3.05) is 13.7 Å². The first-order valence-electron chi connectivity index (χ1n) is 6.69. The second kappa shape index (κ2) is 7.07. The van der Waals surface area contributed by atoms with E-state index >= 15 is 0 Å². The molecule has 0 aliphatic heterocycles. The Balaban J connectivity index is 1.80. The Bertz CT molecular complexity index is 522. The Hall–Kier alpha value is -1.85. The lowest BCUT2D eigenvalue weighted by Gasteiger charge is -2.11.